The molecule has 1 amide bonds. The molecule has 2 heterocycles. The van der Waals surface area contributed by atoms with Gasteiger partial charge in [-0.25, -0.2) is 4.79 Å². The van der Waals surface area contributed by atoms with Gasteiger partial charge >= 0.3 is 5.97 Å². The first-order valence-electron chi connectivity index (χ1n) is 11.0. The van der Waals surface area contributed by atoms with E-state index in [1.165, 1.54) is 32.1 Å². The smallest absolute Gasteiger partial charge is 0.356 e. The Morgan fingerprint density at radius 2 is 2.00 bits per heavy atom. The lowest BCUT2D eigenvalue weighted by Crippen LogP contribution is -2.43. The molecule has 1 saturated heterocycles. The molecule has 1 saturated carbocycles. The first-order valence-corrected chi connectivity index (χ1v) is 11.4. The van der Waals surface area contributed by atoms with Crippen molar-refractivity contribution in [1.82, 2.24) is 9.88 Å². The number of carbonyl (C=O) groups is 2. The van der Waals surface area contributed by atoms with Crippen molar-refractivity contribution >= 4 is 40.1 Å². The van der Waals surface area contributed by atoms with E-state index in [1.807, 2.05) is 25.2 Å². The molecule has 4 rings (SSSR count). The van der Waals surface area contributed by atoms with Crippen molar-refractivity contribution in [1.29, 1.82) is 0 Å². The second-order valence-corrected chi connectivity index (χ2v) is 8.94. The lowest BCUT2D eigenvalue weighted by atomic mass is 9.76. The molecule has 0 bridgehead atoms. The maximum absolute atomic E-state index is 13.2. The molecule has 2 aliphatic rings. The molecule has 1 aromatic carbocycles. The first kappa shape index (κ1) is 21.2. The minimum absolute atomic E-state index is 0.0437. The summed E-state index contributed by atoms with van der Waals surface area (Å²) in [6.07, 6.45) is 7.45. The van der Waals surface area contributed by atoms with E-state index in [9.17, 15) is 9.59 Å². The predicted octanol–water partition coefficient (Wildman–Crippen LogP) is 4.84. The van der Waals surface area contributed by atoms with E-state index in [0.29, 0.717) is 27.9 Å². The zero-order valence-corrected chi connectivity index (χ0v) is 18.4. The molecule has 1 aliphatic carbocycles. The summed E-state index contributed by atoms with van der Waals surface area (Å²) in [4.78, 5) is 30.5. The number of hydrogen-bond acceptors (Lipinski definition) is 4. The summed E-state index contributed by atoms with van der Waals surface area (Å²) in [5, 5.41) is 4.11. The Balaban J connectivity index is 1.53. The number of anilines is 1. The van der Waals surface area contributed by atoms with Gasteiger partial charge in [-0.3, -0.25) is 9.69 Å². The van der Waals surface area contributed by atoms with Crippen LogP contribution >= 0.6 is 11.6 Å². The van der Waals surface area contributed by atoms with E-state index in [1.54, 1.807) is 6.92 Å². The molecule has 30 heavy (non-hydrogen) atoms. The van der Waals surface area contributed by atoms with Crippen molar-refractivity contribution in [3.63, 3.8) is 0 Å². The normalized spacial score (nSPS) is 23.0. The molecule has 0 spiro atoms. The number of esters is 1. The number of hydrogen-bond donors (Lipinski definition) is 2. The van der Waals surface area contributed by atoms with Crippen LogP contribution in [0.25, 0.3) is 10.9 Å². The van der Waals surface area contributed by atoms with Crippen molar-refractivity contribution in [3.8, 4) is 0 Å². The number of aromatic amines is 1. The van der Waals surface area contributed by atoms with Gasteiger partial charge in [0.05, 0.1) is 17.7 Å². The first-order chi connectivity index (χ1) is 14.5. The number of ether oxygens (including phenoxy) is 1. The van der Waals surface area contributed by atoms with Gasteiger partial charge in [-0.05, 0) is 57.0 Å². The number of rotatable bonds is 5. The average Bonchev–Trinajstić information content (AvgIpc) is 3.29. The number of fused-ring (bicyclic) bond motifs is 1. The van der Waals surface area contributed by atoms with E-state index in [-0.39, 0.29) is 24.2 Å². The van der Waals surface area contributed by atoms with Crippen molar-refractivity contribution in [2.45, 2.75) is 51.5 Å². The van der Waals surface area contributed by atoms with Crippen LogP contribution in [0, 0.1) is 11.8 Å². The number of nitrogens with zero attached hydrogens (tertiary/aromatic N) is 1. The average molecular weight is 432 g/mol. The minimum atomic E-state index is -0.479. The number of nitrogens with one attached hydrogen (secondary N) is 2. The highest BCUT2D eigenvalue weighted by Gasteiger charge is 2.41. The highest BCUT2D eigenvalue weighted by molar-refractivity contribution is 6.38. The van der Waals surface area contributed by atoms with Crippen LogP contribution in [0.4, 0.5) is 5.69 Å². The van der Waals surface area contributed by atoms with Crippen molar-refractivity contribution in [3.05, 3.63) is 28.9 Å². The van der Waals surface area contributed by atoms with Crippen molar-refractivity contribution in [2.75, 3.05) is 25.5 Å². The number of H-pyrrole nitrogens is 1. The molecule has 162 valence electrons. The monoisotopic (exact) mass is 431 g/mol. The van der Waals surface area contributed by atoms with Crippen LogP contribution in [-0.2, 0) is 9.53 Å². The molecule has 0 radical (unpaired) electrons. The predicted molar refractivity (Wildman–Crippen MR) is 119 cm³/mol. The summed E-state index contributed by atoms with van der Waals surface area (Å²) in [6.45, 7) is 3.00. The van der Waals surface area contributed by atoms with Gasteiger partial charge in [0.2, 0.25) is 5.91 Å². The summed E-state index contributed by atoms with van der Waals surface area (Å²) in [6, 6.07) is 5.39. The molecular formula is C23H30ClN3O3. The van der Waals surface area contributed by atoms with Gasteiger partial charge in [0.25, 0.3) is 0 Å². The standard InChI is InChI=1S/C23H30ClN3O3/c1-3-30-23(29)20-19(24)17-13-15(9-10-18(17)26-20)25-22(28)21-16(11-12-27(21)2)14-7-5-4-6-8-14/h9-10,13-14,16,21,26H,3-8,11-12H2,1-2H3,(H,25,28). The molecule has 2 unspecified atom stereocenters. The van der Waals surface area contributed by atoms with Crippen LogP contribution in [0.2, 0.25) is 5.02 Å². The second-order valence-electron chi connectivity index (χ2n) is 8.56. The van der Waals surface area contributed by atoms with Gasteiger partial charge < -0.3 is 15.0 Å². The number of amides is 1. The van der Waals surface area contributed by atoms with E-state index in [4.69, 9.17) is 16.3 Å². The summed E-state index contributed by atoms with van der Waals surface area (Å²) >= 11 is 6.42. The topological polar surface area (TPSA) is 74.4 Å². The maximum atomic E-state index is 13.2. The Kier molecular flexibility index (Phi) is 6.34. The van der Waals surface area contributed by atoms with Gasteiger partial charge in [0, 0.05) is 16.6 Å². The fourth-order valence-electron chi connectivity index (χ4n) is 5.22. The van der Waals surface area contributed by atoms with Crippen molar-refractivity contribution in [2.24, 2.45) is 11.8 Å². The van der Waals surface area contributed by atoms with Crippen LogP contribution < -0.4 is 5.32 Å². The lowest BCUT2D eigenvalue weighted by molar-refractivity contribution is -0.121. The zero-order valence-electron chi connectivity index (χ0n) is 17.7. The quantitative estimate of drug-likeness (QED) is 0.664. The molecular weight excluding hydrogens is 402 g/mol. The molecule has 6 nitrogen and oxygen atoms in total. The molecule has 2 aromatic rings. The Morgan fingerprint density at radius 3 is 2.73 bits per heavy atom. The number of benzene rings is 1. The fourth-order valence-corrected chi connectivity index (χ4v) is 5.50. The Labute approximate surface area is 182 Å². The summed E-state index contributed by atoms with van der Waals surface area (Å²) in [5.41, 5.74) is 1.66. The minimum Gasteiger partial charge on any atom is -0.461 e. The van der Waals surface area contributed by atoms with E-state index in [0.717, 1.165) is 18.5 Å². The third-order valence-corrected chi connectivity index (χ3v) is 7.09. The number of halogens is 1. The largest absolute Gasteiger partial charge is 0.461 e. The second kappa shape index (κ2) is 8.98. The Bertz CT molecular complexity index is 935. The SMILES string of the molecule is CCOC(=O)c1[nH]c2ccc(NC(=O)C3C(C4CCCCC4)CCN3C)cc2c1Cl. The highest BCUT2D eigenvalue weighted by atomic mass is 35.5. The molecule has 2 fully saturated rings. The lowest BCUT2D eigenvalue weighted by Gasteiger charge is -2.32. The number of likely N-dealkylation sites (tertiary alicyclic amines) is 1. The van der Waals surface area contributed by atoms with Gasteiger partial charge in [0.1, 0.15) is 5.69 Å². The zero-order chi connectivity index (χ0) is 21.3. The van der Waals surface area contributed by atoms with Gasteiger partial charge in [-0.2, -0.15) is 0 Å². The van der Waals surface area contributed by atoms with Gasteiger partial charge in [-0.15, -0.1) is 0 Å². The Morgan fingerprint density at radius 1 is 1.23 bits per heavy atom. The molecule has 2 N–H and O–H groups in total. The molecule has 7 heteroatoms. The summed E-state index contributed by atoms with van der Waals surface area (Å²) in [7, 11) is 2.05. The molecule has 1 aromatic heterocycles. The maximum Gasteiger partial charge on any atom is 0.356 e. The van der Waals surface area contributed by atoms with E-state index in [2.05, 4.69) is 15.2 Å². The van der Waals surface area contributed by atoms with Crippen LogP contribution in [0.1, 0.15) is 55.9 Å². The number of aromatic nitrogens is 1. The van der Waals surface area contributed by atoms with Crippen LogP contribution in [0.5, 0.6) is 0 Å². The third-order valence-electron chi connectivity index (χ3n) is 6.70. The van der Waals surface area contributed by atoms with Gasteiger partial charge in [0.15, 0.2) is 0 Å². The number of carbonyl (C=O) groups excluding carboxylic acids is 2. The summed E-state index contributed by atoms with van der Waals surface area (Å²) in [5.74, 6) is 0.632. The highest BCUT2D eigenvalue weighted by Crippen LogP contribution is 2.39. The van der Waals surface area contributed by atoms with Crippen LogP contribution in [-0.4, -0.2) is 48.0 Å². The molecule has 1 aliphatic heterocycles. The van der Waals surface area contributed by atoms with Crippen LogP contribution in [0.3, 0.4) is 0 Å². The van der Waals surface area contributed by atoms with Gasteiger partial charge in [-0.1, -0.05) is 43.7 Å². The number of likely N-dealkylation sites (N-methyl/N-ethyl adjacent to an activating group) is 1. The summed E-state index contributed by atoms with van der Waals surface area (Å²) < 4.78 is 5.05. The van der Waals surface area contributed by atoms with E-state index < -0.39 is 5.97 Å². The third kappa shape index (κ3) is 4.08. The fraction of sp³-hybridized carbons (Fsp3) is 0.565. The van der Waals surface area contributed by atoms with Crippen molar-refractivity contribution < 1.29 is 14.3 Å². The molecule has 2 atom stereocenters. The Hall–Kier alpha value is -2.05. The van der Waals surface area contributed by atoms with Crippen LogP contribution in [0.15, 0.2) is 18.2 Å². The van der Waals surface area contributed by atoms with E-state index >= 15 is 0 Å².